The molecule has 1 aliphatic heterocycles. The van der Waals surface area contributed by atoms with Crippen molar-refractivity contribution in [3.8, 4) is 0 Å². The molecule has 1 fully saturated rings. The Balaban J connectivity index is 1.88. The number of thioether (sulfide) groups is 1. The van der Waals surface area contributed by atoms with Crippen LogP contribution in [0.15, 0.2) is 18.2 Å². The van der Waals surface area contributed by atoms with Gasteiger partial charge in [0, 0.05) is 12.1 Å². The first kappa shape index (κ1) is 13.4. The van der Waals surface area contributed by atoms with E-state index in [1.165, 1.54) is 36.5 Å². The van der Waals surface area contributed by atoms with Crippen molar-refractivity contribution in [3.63, 3.8) is 0 Å². The van der Waals surface area contributed by atoms with Gasteiger partial charge < -0.3 is 5.32 Å². The molecule has 0 unspecified atom stereocenters. The Kier molecular flexibility index (Phi) is 4.64. The Hall–Kier alpha value is -1.03. The highest BCUT2D eigenvalue weighted by molar-refractivity contribution is 7.99. The lowest BCUT2D eigenvalue weighted by atomic mass is 10.0. The minimum absolute atomic E-state index is 0.101. The van der Waals surface area contributed by atoms with Crippen LogP contribution in [0, 0.1) is 18.7 Å². The van der Waals surface area contributed by atoms with E-state index in [0.29, 0.717) is 17.0 Å². The van der Waals surface area contributed by atoms with Crippen molar-refractivity contribution in [2.45, 2.75) is 19.8 Å². The number of amides is 1. The van der Waals surface area contributed by atoms with E-state index < -0.39 is 0 Å². The second-order valence-electron chi connectivity index (χ2n) is 4.73. The van der Waals surface area contributed by atoms with Gasteiger partial charge in [0.25, 0.3) is 5.91 Å². The summed E-state index contributed by atoms with van der Waals surface area (Å²) in [6, 6.07) is 4.48. The van der Waals surface area contributed by atoms with Crippen LogP contribution in [0.5, 0.6) is 0 Å². The number of benzene rings is 1. The number of aryl methyl sites for hydroxylation is 1. The maximum atomic E-state index is 13.1. The largest absolute Gasteiger partial charge is 0.352 e. The van der Waals surface area contributed by atoms with Gasteiger partial charge in [-0.3, -0.25) is 4.79 Å². The van der Waals surface area contributed by atoms with Crippen LogP contribution in [-0.4, -0.2) is 24.0 Å². The Morgan fingerprint density at radius 1 is 1.44 bits per heavy atom. The summed E-state index contributed by atoms with van der Waals surface area (Å²) in [5.74, 6) is 2.61. The van der Waals surface area contributed by atoms with Crippen molar-refractivity contribution >= 4 is 17.7 Å². The summed E-state index contributed by atoms with van der Waals surface area (Å²) >= 11 is 1.98. The maximum Gasteiger partial charge on any atom is 0.251 e. The van der Waals surface area contributed by atoms with Crippen LogP contribution >= 0.6 is 11.8 Å². The predicted octanol–water partition coefficient (Wildman–Crippen LogP) is 3.01. The zero-order valence-corrected chi connectivity index (χ0v) is 11.4. The highest BCUT2D eigenvalue weighted by Crippen LogP contribution is 2.22. The number of nitrogens with one attached hydrogen (secondary N) is 1. The van der Waals surface area contributed by atoms with Crippen LogP contribution in [0.3, 0.4) is 0 Å². The molecule has 1 aliphatic rings. The van der Waals surface area contributed by atoms with Crippen LogP contribution in [0.2, 0.25) is 0 Å². The summed E-state index contributed by atoms with van der Waals surface area (Å²) in [6.45, 7) is 2.40. The van der Waals surface area contributed by atoms with E-state index in [1.807, 2.05) is 11.8 Å². The third kappa shape index (κ3) is 3.48. The van der Waals surface area contributed by atoms with Gasteiger partial charge in [0.2, 0.25) is 0 Å². The molecule has 2 rings (SSSR count). The summed E-state index contributed by atoms with van der Waals surface area (Å²) in [5, 5.41) is 2.94. The topological polar surface area (TPSA) is 29.1 Å². The first-order valence-corrected chi connectivity index (χ1v) is 7.44. The molecule has 0 aliphatic carbocycles. The van der Waals surface area contributed by atoms with E-state index in [9.17, 15) is 9.18 Å². The monoisotopic (exact) mass is 267 g/mol. The standard InChI is InChI=1S/C14H18FNOS/c1-10-8-12(2-3-13(10)15)14(17)16-9-11-4-6-18-7-5-11/h2-3,8,11H,4-7,9H2,1H3,(H,16,17). The molecule has 1 N–H and O–H groups in total. The minimum atomic E-state index is -0.268. The molecule has 98 valence electrons. The number of halogens is 1. The molecular formula is C14H18FNOS. The average molecular weight is 267 g/mol. The molecule has 1 aromatic carbocycles. The predicted molar refractivity (Wildman–Crippen MR) is 73.5 cm³/mol. The number of carbonyl (C=O) groups is 1. The first-order valence-electron chi connectivity index (χ1n) is 6.29. The second kappa shape index (κ2) is 6.23. The Bertz CT molecular complexity index is 430. The molecule has 2 nitrogen and oxygen atoms in total. The Labute approximate surface area is 111 Å². The van der Waals surface area contributed by atoms with Gasteiger partial charge in [-0.05, 0) is 61.0 Å². The quantitative estimate of drug-likeness (QED) is 0.912. The summed E-state index contributed by atoms with van der Waals surface area (Å²) in [7, 11) is 0. The molecule has 0 saturated carbocycles. The van der Waals surface area contributed by atoms with E-state index in [0.717, 1.165) is 6.54 Å². The lowest BCUT2D eigenvalue weighted by Gasteiger charge is -2.21. The number of carbonyl (C=O) groups excluding carboxylic acids is 1. The number of hydrogen-bond acceptors (Lipinski definition) is 2. The summed E-state index contributed by atoms with van der Waals surface area (Å²) < 4.78 is 13.1. The molecule has 0 spiro atoms. The van der Waals surface area contributed by atoms with Crippen molar-refractivity contribution in [1.29, 1.82) is 0 Å². The van der Waals surface area contributed by atoms with Crippen LogP contribution in [0.4, 0.5) is 4.39 Å². The summed E-state index contributed by atoms with van der Waals surface area (Å²) in [4.78, 5) is 11.9. The molecule has 1 saturated heterocycles. The Morgan fingerprint density at radius 3 is 2.83 bits per heavy atom. The van der Waals surface area contributed by atoms with Crippen LogP contribution in [0.1, 0.15) is 28.8 Å². The molecule has 1 heterocycles. The highest BCUT2D eigenvalue weighted by atomic mass is 32.2. The van der Waals surface area contributed by atoms with Gasteiger partial charge in [0.15, 0.2) is 0 Å². The lowest BCUT2D eigenvalue weighted by Crippen LogP contribution is -2.31. The molecule has 0 bridgehead atoms. The van der Waals surface area contributed by atoms with Gasteiger partial charge in [0.1, 0.15) is 5.82 Å². The van der Waals surface area contributed by atoms with E-state index in [-0.39, 0.29) is 11.7 Å². The van der Waals surface area contributed by atoms with Crippen molar-refractivity contribution < 1.29 is 9.18 Å². The molecule has 4 heteroatoms. The van der Waals surface area contributed by atoms with Crippen LogP contribution < -0.4 is 5.32 Å². The van der Waals surface area contributed by atoms with Gasteiger partial charge in [-0.15, -0.1) is 0 Å². The Morgan fingerprint density at radius 2 is 2.17 bits per heavy atom. The average Bonchev–Trinajstić information content (AvgIpc) is 2.40. The number of hydrogen-bond donors (Lipinski definition) is 1. The van der Waals surface area contributed by atoms with Crippen LogP contribution in [-0.2, 0) is 0 Å². The first-order chi connectivity index (χ1) is 8.66. The van der Waals surface area contributed by atoms with E-state index >= 15 is 0 Å². The second-order valence-corrected chi connectivity index (χ2v) is 5.95. The van der Waals surface area contributed by atoms with Crippen molar-refractivity contribution in [1.82, 2.24) is 5.32 Å². The van der Waals surface area contributed by atoms with Crippen molar-refractivity contribution in [3.05, 3.63) is 35.1 Å². The molecule has 1 amide bonds. The normalized spacial score (nSPS) is 16.6. The van der Waals surface area contributed by atoms with Gasteiger partial charge in [0.05, 0.1) is 0 Å². The van der Waals surface area contributed by atoms with Gasteiger partial charge in [-0.2, -0.15) is 11.8 Å². The van der Waals surface area contributed by atoms with Crippen molar-refractivity contribution in [2.75, 3.05) is 18.1 Å². The number of rotatable bonds is 3. The molecule has 0 atom stereocenters. The molecule has 1 aromatic rings. The van der Waals surface area contributed by atoms with Gasteiger partial charge in [-0.1, -0.05) is 0 Å². The zero-order chi connectivity index (χ0) is 13.0. The third-order valence-electron chi connectivity index (χ3n) is 3.31. The van der Waals surface area contributed by atoms with E-state index in [1.54, 1.807) is 13.0 Å². The fraction of sp³-hybridized carbons (Fsp3) is 0.500. The molecule has 0 aromatic heterocycles. The molecular weight excluding hydrogens is 249 g/mol. The zero-order valence-electron chi connectivity index (χ0n) is 10.5. The lowest BCUT2D eigenvalue weighted by molar-refractivity contribution is 0.0946. The summed E-state index contributed by atoms with van der Waals surface area (Å²) in [5.41, 5.74) is 1.05. The smallest absolute Gasteiger partial charge is 0.251 e. The fourth-order valence-corrected chi connectivity index (χ4v) is 3.28. The highest BCUT2D eigenvalue weighted by Gasteiger charge is 2.15. The fourth-order valence-electron chi connectivity index (χ4n) is 2.08. The van der Waals surface area contributed by atoms with E-state index in [2.05, 4.69) is 5.32 Å². The minimum Gasteiger partial charge on any atom is -0.352 e. The molecule has 18 heavy (non-hydrogen) atoms. The van der Waals surface area contributed by atoms with Gasteiger partial charge >= 0.3 is 0 Å². The maximum absolute atomic E-state index is 13.1. The summed E-state index contributed by atoms with van der Waals surface area (Å²) in [6.07, 6.45) is 2.35. The molecule has 0 radical (unpaired) electrons. The van der Waals surface area contributed by atoms with E-state index in [4.69, 9.17) is 0 Å². The van der Waals surface area contributed by atoms with Crippen LogP contribution in [0.25, 0.3) is 0 Å². The van der Waals surface area contributed by atoms with Crippen molar-refractivity contribution in [2.24, 2.45) is 5.92 Å². The third-order valence-corrected chi connectivity index (χ3v) is 4.36. The van der Waals surface area contributed by atoms with Gasteiger partial charge in [-0.25, -0.2) is 4.39 Å². The SMILES string of the molecule is Cc1cc(C(=O)NCC2CCSCC2)ccc1F.